The van der Waals surface area contributed by atoms with Crippen molar-refractivity contribution < 1.29 is 24.2 Å². The van der Waals surface area contributed by atoms with Gasteiger partial charge in [-0.25, -0.2) is 4.79 Å². The molecule has 0 unspecified atom stereocenters. The molecular formula is C28H34N2O5. The van der Waals surface area contributed by atoms with E-state index >= 15 is 0 Å². The normalized spacial score (nSPS) is 19.1. The number of nitrogens with one attached hydrogen (secondary N) is 1. The van der Waals surface area contributed by atoms with E-state index in [9.17, 15) is 19.5 Å². The Labute approximate surface area is 206 Å². The SMILES string of the molecule is CC(C)(C)CN(CC(=O)O)C(=O)[C@@H]1CCC[C@@H]1NC(=O)OCC1c2ccccc2-c2ccccc21. The van der Waals surface area contributed by atoms with Crippen LogP contribution in [0.3, 0.4) is 0 Å². The molecule has 0 spiro atoms. The number of rotatable bonds is 7. The van der Waals surface area contributed by atoms with E-state index in [0.717, 1.165) is 28.7 Å². The first-order valence-electron chi connectivity index (χ1n) is 12.3. The van der Waals surface area contributed by atoms with Gasteiger partial charge in [-0.1, -0.05) is 75.7 Å². The number of carboxylic acids is 1. The summed E-state index contributed by atoms with van der Waals surface area (Å²) in [5, 5.41) is 12.2. The molecule has 2 N–H and O–H groups in total. The Hall–Kier alpha value is -3.35. The third-order valence-corrected chi connectivity index (χ3v) is 6.78. The molecular weight excluding hydrogens is 444 g/mol. The fraction of sp³-hybridized carbons (Fsp3) is 0.464. The zero-order valence-corrected chi connectivity index (χ0v) is 20.6. The Kier molecular flexibility index (Phi) is 7.15. The Morgan fingerprint density at radius 1 is 1.00 bits per heavy atom. The van der Waals surface area contributed by atoms with Gasteiger partial charge in [0, 0.05) is 18.5 Å². The molecule has 0 radical (unpaired) electrons. The van der Waals surface area contributed by atoms with Crippen LogP contribution in [0.4, 0.5) is 4.79 Å². The highest BCUT2D eigenvalue weighted by Gasteiger charge is 2.38. The van der Waals surface area contributed by atoms with Crippen LogP contribution in [0.5, 0.6) is 0 Å². The highest BCUT2D eigenvalue weighted by molar-refractivity contribution is 5.84. The maximum atomic E-state index is 13.3. The molecule has 1 fully saturated rings. The van der Waals surface area contributed by atoms with Gasteiger partial charge >= 0.3 is 12.1 Å². The third-order valence-electron chi connectivity index (χ3n) is 6.78. The van der Waals surface area contributed by atoms with E-state index in [0.29, 0.717) is 19.4 Å². The van der Waals surface area contributed by atoms with Crippen molar-refractivity contribution in [3.63, 3.8) is 0 Å². The summed E-state index contributed by atoms with van der Waals surface area (Å²) >= 11 is 0. The second-order valence-electron chi connectivity index (χ2n) is 10.8. The van der Waals surface area contributed by atoms with Gasteiger partial charge in [0.05, 0.1) is 5.92 Å². The van der Waals surface area contributed by atoms with E-state index in [1.807, 2.05) is 45.0 Å². The molecule has 186 valence electrons. The van der Waals surface area contributed by atoms with Gasteiger partial charge in [0.15, 0.2) is 0 Å². The molecule has 0 heterocycles. The number of hydrogen-bond acceptors (Lipinski definition) is 4. The van der Waals surface area contributed by atoms with E-state index in [4.69, 9.17) is 4.74 Å². The third kappa shape index (κ3) is 5.66. The maximum Gasteiger partial charge on any atom is 0.407 e. The van der Waals surface area contributed by atoms with Crippen LogP contribution in [0.1, 0.15) is 57.1 Å². The van der Waals surface area contributed by atoms with Gasteiger partial charge in [-0.15, -0.1) is 0 Å². The lowest BCUT2D eigenvalue weighted by atomic mass is 9.94. The molecule has 2 aromatic rings. The molecule has 0 aliphatic heterocycles. The Morgan fingerprint density at radius 2 is 1.60 bits per heavy atom. The zero-order chi connectivity index (χ0) is 25.2. The number of aliphatic carboxylic acids is 1. The van der Waals surface area contributed by atoms with Gasteiger partial charge in [-0.2, -0.15) is 0 Å². The highest BCUT2D eigenvalue weighted by Crippen LogP contribution is 2.44. The lowest BCUT2D eigenvalue weighted by Crippen LogP contribution is -2.49. The summed E-state index contributed by atoms with van der Waals surface area (Å²) in [6.45, 7) is 6.11. The lowest BCUT2D eigenvalue weighted by molar-refractivity contribution is -0.147. The lowest BCUT2D eigenvalue weighted by Gasteiger charge is -2.32. The van der Waals surface area contributed by atoms with Gasteiger partial charge in [0.2, 0.25) is 5.91 Å². The molecule has 0 bridgehead atoms. The van der Waals surface area contributed by atoms with E-state index in [1.54, 1.807) is 0 Å². The van der Waals surface area contributed by atoms with Crippen molar-refractivity contribution in [2.24, 2.45) is 11.3 Å². The molecule has 7 nitrogen and oxygen atoms in total. The van der Waals surface area contributed by atoms with Crippen molar-refractivity contribution in [2.45, 2.75) is 52.0 Å². The van der Waals surface area contributed by atoms with Gasteiger partial charge < -0.3 is 20.1 Å². The number of ether oxygens (including phenoxy) is 1. The van der Waals surface area contributed by atoms with Crippen molar-refractivity contribution in [2.75, 3.05) is 19.7 Å². The molecule has 7 heteroatoms. The molecule has 0 saturated heterocycles. The highest BCUT2D eigenvalue weighted by atomic mass is 16.5. The summed E-state index contributed by atoms with van der Waals surface area (Å²) in [5.74, 6) is -1.74. The van der Waals surface area contributed by atoms with Crippen molar-refractivity contribution in [3.8, 4) is 11.1 Å². The first-order chi connectivity index (χ1) is 16.6. The molecule has 2 aromatic carbocycles. The van der Waals surface area contributed by atoms with Crippen molar-refractivity contribution in [1.29, 1.82) is 0 Å². The number of amides is 2. The topological polar surface area (TPSA) is 95.9 Å². The second kappa shape index (κ2) is 10.1. The monoisotopic (exact) mass is 478 g/mol. The first kappa shape index (κ1) is 24.8. The summed E-state index contributed by atoms with van der Waals surface area (Å²) in [5.41, 5.74) is 4.37. The van der Waals surface area contributed by atoms with Crippen molar-refractivity contribution >= 4 is 18.0 Å². The Morgan fingerprint density at radius 3 is 2.17 bits per heavy atom. The number of alkyl carbamates (subject to hydrolysis) is 1. The number of benzene rings is 2. The average molecular weight is 479 g/mol. The van der Waals surface area contributed by atoms with Gasteiger partial charge in [-0.05, 0) is 40.5 Å². The molecule has 2 aliphatic carbocycles. The van der Waals surface area contributed by atoms with E-state index < -0.39 is 18.0 Å². The number of fused-ring (bicyclic) bond motifs is 3. The van der Waals surface area contributed by atoms with Gasteiger partial charge in [0.25, 0.3) is 0 Å². The quantitative estimate of drug-likeness (QED) is 0.604. The van der Waals surface area contributed by atoms with Crippen LogP contribution in [0.2, 0.25) is 0 Å². The number of carbonyl (C=O) groups is 3. The zero-order valence-electron chi connectivity index (χ0n) is 20.6. The van der Waals surface area contributed by atoms with Crippen LogP contribution in [0.15, 0.2) is 48.5 Å². The van der Waals surface area contributed by atoms with Crippen LogP contribution < -0.4 is 5.32 Å². The minimum atomic E-state index is -1.04. The minimum Gasteiger partial charge on any atom is -0.480 e. The minimum absolute atomic E-state index is 0.0352. The van der Waals surface area contributed by atoms with Crippen LogP contribution >= 0.6 is 0 Å². The summed E-state index contributed by atoms with van der Waals surface area (Å²) in [6.07, 6.45) is 1.53. The van der Waals surface area contributed by atoms with E-state index in [1.165, 1.54) is 4.90 Å². The maximum absolute atomic E-state index is 13.3. The predicted molar refractivity (Wildman–Crippen MR) is 133 cm³/mol. The standard InChI is InChI=1S/C28H34N2O5/c1-28(2,3)17-30(15-25(31)32)26(33)22-13-8-14-24(22)29-27(34)35-16-23-20-11-6-4-9-18(20)19-10-5-7-12-21(19)23/h4-7,9-12,22-24H,8,13-17H2,1-3H3,(H,29,34)(H,31,32)/t22-,24+/m1/s1. The van der Waals surface area contributed by atoms with Crippen molar-refractivity contribution in [1.82, 2.24) is 10.2 Å². The summed E-state index contributed by atoms with van der Waals surface area (Å²) < 4.78 is 5.67. The molecule has 2 atom stereocenters. The fourth-order valence-corrected chi connectivity index (χ4v) is 5.40. The molecule has 35 heavy (non-hydrogen) atoms. The number of hydrogen-bond donors (Lipinski definition) is 2. The van der Waals surface area contributed by atoms with Crippen LogP contribution in [0, 0.1) is 11.3 Å². The van der Waals surface area contributed by atoms with E-state index in [2.05, 4.69) is 29.6 Å². The summed E-state index contributed by atoms with van der Waals surface area (Å²) in [4.78, 5) is 38.8. The summed E-state index contributed by atoms with van der Waals surface area (Å²) in [7, 11) is 0. The fourth-order valence-electron chi connectivity index (χ4n) is 5.40. The molecule has 1 saturated carbocycles. The largest absolute Gasteiger partial charge is 0.480 e. The Balaban J connectivity index is 1.40. The predicted octanol–water partition coefficient (Wildman–Crippen LogP) is 4.65. The second-order valence-corrected chi connectivity index (χ2v) is 10.8. The molecule has 0 aromatic heterocycles. The van der Waals surface area contributed by atoms with Crippen LogP contribution in [-0.2, 0) is 14.3 Å². The first-order valence-corrected chi connectivity index (χ1v) is 12.3. The number of carboxylic acid groups (broad SMARTS) is 1. The van der Waals surface area contributed by atoms with Crippen LogP contribution in [-0.4, -0.2) is 53.7 Å². The molecule has 2 aliphatic rings. The smallest absolute Gasteiger partial charge is 0.407 e. The molecule has 4 rings (SSSR count). The van der Waals surface area contributed by atoms with E-state index in [-0.39, 0.29) is 36.4 Å². The van der Waals surface area contributed by atoms with Gasteiger partial charge in [-0.3, -0.25) is 9.59 Å². The summed E-state index contributed by atoms with van der Waals surface area (Å²) in [6, 6.07) is 16.0. The number of nitrogens with zero attached hydrogens (tertiary/aromatic N) is 1. The van der Waals surface area contributed by atoms with Crippen LogP contribution in [0.25, 0.3) is 11.1 Å². The molecule has 2 amide bonds. The van der Waals surface area contributed by atoms with Crippen molar-refractivity contribution in [3.05, 3.63) is 59.7 Å². The van der Waals surface area contributed by atoms with Gasteiger partial charge in [0.1, 0.15) is 13.2 Å². The average Bonchev–Trinajstić information content (AvgIpc) is 3.38. The Bertz CT molecular complexity index is 1060. The number of carbonyl (C=O) groups excluding carboxylic acids is 2.